The van der Waals surface area contributed by atoms with Gasteiger partial charge in [-0.3, -0.25) is 9.59 Å². The number of rotatable bonds is 10. The molecule has 5 heteroatoms. The Bertz CT molecular complexity index is 232. The van der Waals surface area contributed by atoms with E-state index in [4.69, 9.17) is 5.73 Å². The summed E-state index contributed by atoms with van der Waals surface area (Å²) in [5.41, 5.74) is 5.03. The van der Waals surface area contributed by atoms with Crippen molar-refractivity contribution in [3.05, 3.63) is 0 Å². The number of nitrogens with two attached hydrogens (primary N) is 1. The Kier molecular flexibility index (Phi) is 9.43. The first-order valence-corrected chi connectivity index (χ1v) is 6.37. The lowest BCUT2D eigenvalue weighted by atomic mass is 10.2. The van der Waals surface area contributed by atoms with Crippen molar-refractivity contribution in [1.82, 2.24) is 10.6 Å². The van der Waals surface area contributed by atoms with Gasteiger partial charge in [-0.2, -0.15) is 0 Å². The first kappa shape index (κ1) is 15.9. The number of unbranched alkanes of at least 4 members (excludes halogenated alkanes) is 2. The Hall–Kier alpha value is -1.10. The summed E-state index contributed by atoms with van der Waals surface area (Å²) in [5.74, 6) is -0.233. The third-order valence-electron chi connectivity index (χ3n) is 2.52. The summed E-state index contributed by atoms with van der Waals surface area (Å²) in [6.45, 7) is 5.40. The van der Waals surface area contributed by atoms with Crippen LogP contribution in [0.25, 0.3) is 0 Å². The van der Waals surface area contributed by atoms with Crippen molar-refractivity contribution in [1.29, 1.82) is 0 Å². The van der Waals surface area contributed by atoms with E-state index in [0.717, 1.165) is 38.8 Å². The normalized spacial score (nSPS) is 12.1. The summed E-state index contributed by atoms with van der Waals surface area (Å²) in [4.78, 5) is 22.0. The zero-order valence-corrected chi connectivity index (χ0v) is 10.9. The summed E-state index contributed by atoms with van der Waals surface area (Å²) in [5, 5.41) is 5.99. The second kappa shape index (κ2) is 10.1. The predicted molar refractivity (Wildman–Crippen MR) is 68.4 cm³/mol. The van der Waals surface area contributed by atoms with Crippen molar-refractivity contribution < 1.29 is 9.59 Å². The number of nitrogens with one attached hydrogen (secondary N) is 2. The molecule has 1 atom stereocenters. The highest BCUT2D eigenvalue weighted by atomic mass is 16.2. The topological polar surface area (TPSA) is 84.2 Å². The molecule has 0 heterocycles. The minimum atomic E-state index is -0.268. The van der Waals surface area contributed by atoms with Crippen LogP contribution >= 0.6 is 0 Å². The van der Waals surface area contributed by atoms with Gasteiger partial charge in [0.1, 0.15) is 0 Å². The molecule has 0 aliphatic heterocycles. The molecule has 4 N–H and O–H groups in total. The molecule has 0 spiro atoms. The van der Waals surface area contributed by atoms with Gasteiger partial charge in [-0.1, -0.05) is 13.3 Å². The second-order valence-electron chi connectivity index (χ2n) is 4.24. The largest absolute Gasteiger partial charge is 0.370 e. The lowest BCUT2D eigenvalue weighted by molar-refractivity contribution is -0.122. The van der Waals surface area contributed by atoms with Crippen LogP contribution in [0, 0.1) is 0 Å². The van der Waals surface area contributed by atoms with Crippen LogP contribution in [0.3, 0.4) is 0 Å². The molecule has 0 aromatic rings. The molecule has 0 radical (unpaired) electrons. The maximum Gasteiger partial charge on any atom is 0.236 e. The summed E-state index contributed by atoms with van der Waals surface area (Å²) < 4.78 is 0. The Morgan fingerprint density at radius 1 is 1.18 bits per heavy atom. The van der Waals surface area contributed by atoms with E-state index in [2.05, 4.69) is 17.6 Å². The number of carbonyl (C=O) groups excluding carboxylic acids is 2. The molecule has 0 saturated carbocycles. The first-order chi connectivity index (χ1) is 8.07. The van der Waals surface area contributed by atoms with E-state index in [1.807, 2.05) is 6.92 Å². The van der Waals surface area contributed by atoms with Crippen LogP contribution in [0.15, 0.2) is 0 Å². The quantitative estimate of drug-likeness (QED) is 0.489. The molecule has 1 unspecified atom stereocenters. The fraction of sp³-hybridized carbons (Fsp3) is 0.833. The highest BCUT2D eigenvalue weighted by Crippen LogP contribution is 1.93. The van der Waals surface area contributed by atoms with Crippen LogP contribution in [0.5, 0.6) is 0 Å². The zero-order valence-electron chi connectivity index (χ0n) is 10.9. The minimum Gasteiger partial charge on any atom is -0.370 e. The van der Waals surface area contributed by atoms with Crippen molar-refractivity contribution in [2.24, 2.45) is 5.73 Å². The highest BCUT2D eigenvalue weighted by molar-refractivity contribution is 5.81. The van der Waals surface area contributed by atoms with E-state index in [1.165, 1.54) is 0 Å². The van der Waals surface area contributed by atoms with Gasteiger partial charge in [0.2, 0.25) is 11.8 Å². The van der Waals surface area contributed by atoms with Gasteiger partial charge in [0.05, 0.1) is 6.04 Å². The summed E-state index contributed by atoms with van der Waals surface area (Å²) in [6.07, 6.45) is 4.13. The van der Waals surface area contributed by atoms with E-state index in [9.17, 15) is 9.59 Å². The molecule has 0 aromatic carbocycles. The molecule has 2 amide bonds. The van der Waals surface area contributed by atoms with Gasteiger partial charge < -0.3 is 16.4 Å². The standard InChI is InChI=1S/C12H25N3O2/c1-3-4-8-15-12(17)10(2)14-9-6-5-7-11(13)16/h10,14H,3-9H2,1-2H3,(H2,13,16)(H,15,17). The van der Waals surface area contributed by atoms with Gasteiger partial charge in [-0.15, -0.1) is 0 Å². The molecular formula is C12H25N3O2. The van der Waals surface area contributed by atoms with Crippen molar-refractivity contribution in [2.75, 3.05) is 13.1 Å². The van der Waals surface area contributed by atoms with Crippen LogP contribution in [-0.2, 0) is 9.59 Å². The van der Waals surface area contributed by atoms with Gasteiger partial charge in [-0.05, 0) is 32.7 Å². The maximum atomic E-state index is 11.5. The molecule has 0 bridgehead atoms. The van der Waals surface area contributed by atoms with Crippen LogP contribution in [0.4, 0.5) is 0 Å². The lowest BCUT2D eigenvalue weighted by Gasteiger charge is -2.13. The fourth-order valence-electron chi connectivity index (χ4n) is 1.38. The highest BCUT2D eigenvalue weighted by Gasteiger charge is 2.10. The van der Waals surface area contributed by atoms with E-state index in [-0.39, 0.29) is 17.9 Å². The average Bonchev–Trinajstić information content (AvgIpc) is 2.28. The first-order valence-electron chi connectivity index (χ1n) is 6.37. The van der Waals surface area contributed by atoms with Crippen LogP contribution in [0.2, 0.25) is 0 Å². The minimum absolute atomic E-state index is 0.0355. The van der Waals surface area contributed by atoms with Crippen molar-refractivity contribution in [3.8, 4) is 0 Å². The Labute approximate surface area is 104 Å². The van der Waals surface area contributed by atoms with E-state index >= 15 is 0 Å². The second-order valence-corrected chi connectivity index (χ2v) is 4.24. The molecule has 100 valence electrons. The summed E-state index contributed by atoms with van der Waals surface area (Å²) >= 11 is 0. The van der Waals surface area contributed by atoms with E-state index < -0.39 is 0 Å². The molecule has 0 fully saturated rings. The Morgan fingerprint density at radius 3 is 2.47 bits per heavy atom. The smallest absolute Gasteiger partial charge is 0.236 e. The molecule has 0 aliphatic carbocycles. The molecule has 0 aliphatic rings. The van der Waals surface area contributed by atoms with E-state index in [1.54, 1.807) is 0 Å². The molecule has 0 aromatic heterocycles. The third-order valence-corrected chi connectivity index (χ3v) is 2.52. The van der Waals surface area contributed by atoms with Gasteiger partial charge in [-0.25, -0.2) is 0 Å². The maximum absolute atomic E-state index is 11.5. The Balaban J connectivity index is 3.46. The molecule has 0 saturated heterocycles. The van der Waals surface area contributed by atoms with Crippen LogP contribution < -0.4 is 16.4 Å². The van der Waals surface area contributed by atoms with Gasteiger partial charge in [0.25, 0.3) is 0 Å². The third kappa shape index (κ3) is 9.81. The van der Waals surface area contributed by atoms with Crippen molar-refractivity contribution in [3.63, 3.8) is 0 Å². The molecule has 17 heavy (non-hydrogen) atoms. The number of hydrogen-bond acceptors (Lipinski definition) is 3. The predicted octanol–water partition coefficient (Wildman–Crippen LogP) is 0.536. The number of carbonyl (C=O) groups is 2. The number of hydrogen-bond donors (Lipinski definition) is 3. The monoisotopic (exact) mass is 243 g/mol. The van der Waals surface area contributed by atoms with Gasteiger partial charge in [0.15, 0.2) is 0 Å². The number of primary amides is 1. The van der Waals surface area contributed by atoms with Crippen LogP contribution in [0.1, 0.15) is 46.0 Å². The van der Waals surface area contributed by atoms with Crippen molar-refractivity contribution >= 4 is 11.8 Å². The Morgan fingerprint density at radius 2 is 1.88 bits per heavy atom. The SMILES string of the molecule is CCCCNC(=O)C(C)NCCCCC(N)=O. The number of amides is 2. The fourth-order valence-corrected chi connectivity index (χ4v) is 1.38. The zero-order chi connectivity index (χ0) is 13.1. The van der Waals surface area contributed by atoms with Crippen molar-refractivity contribution in [2.45, 2.75) is 52.0 Å². The molecule has 0 rings (SSSR count). The van der Waals surface area contributed by atoms with E-state index in [0.29, 0.717) is 6.42 Å². The summed E-state index contributed by atoms with van der Waals surface area (Å²) in [6, 6.07) is -0.180. The molecule has 5 nitrogen and oxygen atoms in total. The summed E-state index contributed by atoms with van der Waals surface area (Å²) in [7, 11) is 0. The van der Waals surface area contributed by atoms with Gasteiger partial charge in [0, 0.05) is 13.0 Å². The average molecular weight is 243 g/mol. The molecular weight excluding hydrogens is 218 g/mol. The van der Waals surface area contributed by atoms with Gasteiger partial charge >= 0.3 is 0 Å². The van der Waals surface area contributed by atoms with Crippen LogP contribution in [-0.4, -0.2) is 30.9 Å². The lowest BCUT2D eigenvalue weighted by Crippen LogP contribution is -2.42.